The van der Waals surface area contributed by atoms with Crippen LogP contribution in [-0.2, 0) is 11.2 Å². The first-order valence-electron chi connectivity index (χ1n) is 10.0. The van der Waals surface area contributed by atoms with Crippen LogP contribution in [0.25, 0.3) is 0 Å². The van der Waals surface area contributed by atoms with E-state index in [2.05, 4.69) is 11.8 Å². The van der Waals surface area contributed by atoms with Gasteiger partial charge in [0, 0.05) is 32.1 Å². The number of piperidine rings is 1. The molecule has 1 heterocycles. The van der Waals surface area contributed by atoms with Gasteiger partial charge in [0.05, 0.1) is 5.69 Å². The average molecular weight is 386 g/mol. The van der Waals surface area contributed by atoms with Crippen molar-refractivity contribution in [3.8, 4) is 0 Å². The molecule has 3 nitrogen and oxygen atoms in total. The van der Waals surface area contributed by atoms with E-state index >= 15 is 0 Å². The fourth-order valence-electron chi connectivity index (χ4n) is 4.10. The molecule has 2 aromatic rings. The van der Waals surface area contributed by atoms with Crippen molar-refractivity contribution in [1.29, 1.82) is 0 Å². The smallest absolute Gasteiger partial charge is 0.227 e. The van der Waals surface area contributed by atoms with E-state index in [0.29, 0.717) is 18.5 Å². The lowest BCUT2D eigenvalue weighted by atomic mass is 9.91. The Balaban J connectivity index is 1.68. The zero-order valence-corrected chi connectivity index (χ0v) is 16.6. The summed E-state index contributed by atoms with van der Waals surface area (Å²) in [7, 11) is 0. The molecule has 1 saturated heterocycles. The Bertz CT molecular complexity index is 811. The molecule has 28 heavy (non-hydrogen) atoms. The summed E-state index contributed by atoms with van der Waals surface area (Å²) in [6.45, 7) is 6.31. The number of hydrogen-bond acceptors (Lipinski definition) is 2. The van der Waals surface area contributed by atoms with E-state index in [1.165, 1.54) is 12.1 Å². The number of amides is 1. The summed E-state index contributed by atoms with van der Waals surface area (Å²) in [5.41, 5.74) is 1.09. The molecule has 2 aromatic carbocycles. The fourth-order valence-corrected chi connectivity index (χ4v) is 4.10. The van der Waals surface area contributed by atoms with Crippen LogP contribution in [0.3, 0.4) is 0 Å². The van der Waals surface area contributed by atoms with Crippen LogP contribution < -0.4 is 4.90 Å². The number of halogens is 2. The van der Waals surface area contributed by atoms with Crippen molar-refractivity contribution in [2.75, 3.05) is 24.5 Å². The van der Waals surface area contributed by atoms with Gasteiger partial charge >= 0.3 is 0 Å². The number of rotatable bonds is 6. The lowest BCUT2D eigenvalue weighted by Gasteiger charge is -2.42. The first kappa shape index (κ1) is 20.5. The number of anilines is 1. The van der Waals surface area contributed by atoms with Gasteiger partial charge in [-0.15, -0.1) is 0 Å². The largest absolute Gasteiger partial charge is 0.306 e. The highest BCUT2D eigenvalue weighted by molar-refractivity contribution is 5.94. The lowest BCUT2D eigenvalue weighted by molar-refractivity contribution is -0.119. The van der Waals surface area contributed by atoms with E-state index in [1.807, 2.05) is 19.1 Å². The Morgan fingerprint density at radius 1 is 1.11 bits per heavy atom. The molecule has 0 saturated carbocycles. The maximum atomic E-state index is 14.4. The van der Waals surface area contributed by atoms with E-state index in [1.54, 1.807) is 29.2 Å². The minimum Gasteiger partial charge on any atom is -0.306 e. The van der Waals surface area contributed by atoms with Gasteiger partial charge in [0.2, 0.25) is 5.91 Å². The molecular weight excluding hydrogens is 358 g/mol. The van der Waals surface area contributed by atoms with Crippen molar-refractivity contribution in [2.45, 2.75) is 39.2 Å². The van der Waals surface area contributed by atoms with Crippen LogP contribution in [0.4, 0.5) is 14.5 Å². The summed E-state index contributed by atoms with van der Waals surface area (Å²) in [5.74, 6) is -0.380. The molecule has 1 aliphatic heterocycles. The summed E-state index contributed by atoms with van der Waals surface area (Å²) < 4.78 is 28.2. The molecule has 2 atom stereocenters. The van der Waals surface area contributed by atoms with Crippen LogP contribution in [0, 0.1) is 17.6 Å². The SMILES string of the molecule is CCC(=O)N(c1ccccc1F)[C@@H]1CCN(CCc2ccccc2F)C[C@@H]1C. The van der Waals surface area contributed by atoms with Crippen LogP contribution in [0.15, 0.2) is 48.5 Å². The van der Waals surface area contributed by atoms with Crippen LogP contribution in [0.5, 0.6) is 0 Å². The standard InChI is InChI=1S/C23H28F2N2O/c1-3-23(28)27(22-11-7-6-10-20(22)25)21-13-15-26(16-17(21)2)14-12-18-8-4-5-9-19(18)24/h4-11,17,21H,3,12-16H2,1-2H3/t17-,21+/m0/s1. The third-order valence-corrected chi connectivity index (χ3v) is 5.61. The first-order valence-corrected chi connectivity index (χ1v) is 10.0. The highest BCUT2D eigenvalue weighted by Crippen LogP contribution is 2.30. The molecular formula is C23H28F2N2O. The predicted molar refractivity (Wildman–Crippen MR) is 108 cm³/mol. The zero-order chi connectivity index (χ0) is 20.1. The minimum atomic E-state index is -0.363. The first-order chi connectivity index (χ1) is 13.5. The Morgan fingerprint density at radius 2 is 1.79 bits per heavy atom. The summed E-state index contributed by atoms with van der Waals surface area (Å²) >= 11 is 0. The van der Waals surface area contributed by atoms with E-state index in [4.69, 9.17) is 0 Å². The molecule has 1 aliphatic rings. The quantitative estimate of drug-likeness (QED) is 0.721. The molecule has 0 radical (unpaired) electrons. The second kappa shape index (κ2) is 9.28. The maximum absolute atomic E-state index is 14.4. The number of carbonyl (C=O) groups is 1. The fraction of sp³-hybridized carbons (Fsp3) is 0.435. The van der Waals surface area contributed by atoms with E-state index in [9.17, 15) is 13.6 Å². The van der Waals surface area contributed by atoms with Crippen LogP contribution in [0.2, 0.25) is 0 Å². The van der Waals surface area contributed by atoms with Crippen molar-refractivity contribution in [3.05, 3.63) is 65.7 Å². The monoisotopic (exact) mass is 386 g/mol. The Labute approximate surface area is 166 Å². The normalized spacial score (nSPS) is 20.1. The summed E-state index contributed by atoms with van der Waals surface area (Å²) in [4.78, 5) is 16.6. The Kier molecular flexibility index (Phi) is 6.79. The Hall–Kier alpha value is -2.27. The molecule has 3 rings (SSSR count). The molecule has 5 heteroatoms. The van der Waals surface area contributed by atoms with Crippen molar-refractivity contribution < 1.29 is 13.6 Å². The van der Waals surface area contributed by atoms with Gasteiger partial charge in [-0.2, -0.15) is 0 Å². The van der Waals surface area contributed by atoms with Crippen LogP contribution in [0.1, 0.15) is 32.3 Å². The van der Waals surface area contributed by atoms with Gasteiger partial charge in [0.1, 0.15) is 11.6 Å². The van der Waals surface area contributed by atoms with Crippen molar-refractivity contribution in [3.63, 3.8) is 0 Å². The van der Waals surface area contributed by atoms with Gasteiger partial charge < -0.3 is 9.80 Å². The van der Waals surface area contributed by atoms with Gasteiger partial charge in [-0.3, -0.25) is 4.79 Å². The molecule has 1 fully saturated rings. The van der Waals surface area contributed by atoms with Gasteiger partial charge in [0.25, 0.3) is 0 Å². The molecule has 0 unspecified atom stereocenters. The third kappa shape index (κ3) is 4.58. The summed E-state index contributed by atoms with van der Waals surface area (Å²) in [6, 6.07) is 13.3. The summed E-state index contributed by atoms with van der Waals surface area (Å²) in [6.07, 6.45) is 1.78. The number of para-hydroxylation sites is 1. The second-order valence-corrected chi connectivity index (χ2v) is 7.54. The molecule has 0 aliphatic carbocycles. The Morgan fingerprint density at radius 3 is 2.43 bits per heavy atom. The number of benzene rings is 2. The minimum absolute atomic E-state index is 0.0333. The second-order valence-electron chi connectivity index (χ2n) is 7.54. The van der Waals surface area contributed by atoms with Gasteiger partial charge in [-0.05, 0) is 42.5 Å². The molecule has 0 spiro atoms. The maximum Gasteiger partial charge on any atom is 0.227 e. The zero-order valence-electron chi connectivity index (χ0n) is 16.6. The average Bonchev–Trinajstić information content (AvgIpc) is 2.70. The summed E-state index contributed by atoms with van der Waals surface area (Å²) in [5, 5.41) is 0. The van der Waals surface area contributed by atoms with E-state index < -0.39 is 0 Å². The number of nitrogens with zero attached hydrogens (tertiary/aromatic N) is 2. The molecule has 0 N–H and O–H groups in total. The topological polar surface area (TPSA) is 23.6 Å². The lowest BCUT2D eigenvalue weighted by Crippen LogP contribution is -2.52. The number of likely N-dealkylation sites (tertiary alicyclic amines) is 1. The predicted octanol–water partition coefficient (Wildman–Crippen LogP) is 4.66. The molecule has 150 valence electrons. The van der Waals surface area contributed by atoms with Gasteiger partial charge in [-0.1, -0.05) is 44.2 Å². The van der Waals surface area contributed by atoms with Crippen LogP contribution >= 0.6 is 0 Å². The van der Waals surface area contributed by atoms with Gasteiger partial charge in [0.15, 0.2) is 0 Å². The van der Waals surface area contributed by atoms with Crippen molar-refractivity contribution in [1.82, 2.24) is 4.90 Å². The van der Waals surface area contributed by atoms with Gasteiger partial charge in [-0.25, -0.2) is 8.78 Å². The number of carbonyl (C=O) groups excluding carboxylic acids is 1. The number of hydrogen-bond donors (Lipinski definition) is 0. The molecule has 0 bridgehead atoms. The van der Waals surface area contributed by atoms with Crippen molar-refractivity contribution in [2.24, 2.45) is 5.92 Å². The third-order valence-electron chi connectivity index (χ3n) is 5.61. The molecule has 1 amide bonds. The van der Waals surface area contributed by atoms with E-state index in [0.717, 1.165) is 31.6 Å². The van der Waals surface area contributed by atoms with E-state index in [-0.39, 0.29) is 29.5 Å². The molecule has 0 aromatic heterocycles. The van der Waals surface area contributed by atoms with Crippen molar-refractivity contribution >= 4 is 11.6 Å². The highest BCUT2D eigenvalue weighted by Gasteiger charge is 2.34. The highest BCUT2D eigenvalue weighted by atomic mass is 19.1. The van der Waals surface area contributed by atoms with Crippen LogP contribution in [-0.4, -0.2) is 36.5 Å².